The van der Waals surface area contributed by atoms with E-state index < -0.39 is 0 Å². The van der Waals surface area contributed by atoms with Gasteiger partial charge in [0.25, 0.3) is 0 Å². The van der Waals surface area contributed by atoms with E-state index in [1.165, 1.54) is 38.2 Å². The number of nitrogens with one attached hydrogen (secondary N) is 1. The van der Waals surface area contributed by atoms with Crippen LogP contribution in [0.5, 0.6) is 0 Å². The molecule has 3 rings (SSSR count). The zero-order chi connectivity index (χ0) is 11.1. The Hall–Kier alpha value is -0.680. The highest BCUT2D eigenvalue weighted by atomic mass is 32.1. The summed E-state index contributed by atoms with van der Waals surface area (Å²) in [6.07, 6.45) is 3.85. The van der Waals surface area contributed by atoms with E-state index in [2.05, 4.69) is 26.7 Å². The summed E-state index contributed by atoms with van der Waals surface area (Å²) in [4.78, 5) is 2.39. The molecule has 1 unspecified atom stereocenters. The van der Waals surface area contributed by atoms with Crippen LogP contribution in [0.15, 0.2) is 0 Å². The van der Waals surface area contributed by atoms with Crippen LogP contribution in [-0.4, -0.2) is 39.8 Å². The number of rotatable bonds is 3. The van der Waals surface area contributed by atoms with Crippen LogP contribution >= 0.6 is 12.2 Å². The van der Waals surface area contributed by atoms with Crippen LogP contribution in [0.2, 0.25) is 0 Å². The summed E-state index contributed by atoms with van der Waals surface area (Å²) < 4.78 is 3.04. The second-order valence-corrected chi connectivity index (χ2v) is 5.58. The lowest BCUT2D eigenvalue weighted by molar-refractivity contribution is 0.375. The second-order valence-electron chi connectivity index (χ2n) is 5.19. The molecule has 0 aromatic carbocycles. The van der Waals surface area contributed by atoms with Crippen LogP contribution in [0.4, 0.5) is 0 Å². The van der Waals surface area contributed by atoms with E-state index in [1.807, 2.05) is 0 Å². The topological polar surface area (TPSA) is 36.9 Å². The fraction of sp³-hybridized carbons (Fsp3) is 0.818. The largest absolute Gasteiger partial charge is 0.306 e. The van der Waals surface area contributed by atoms with Crippen molar-refractivity contribution in [1.29, 1.82) is 0 Å². The molecular weight excluding hydrogens is 220 g/mol. The van der Waals surface area contributed by atoms with Crippen molar-refractivity contribution < 1.29 is 0 Å². The fourth-order valence-electron chi connectivity index (χ4n) is 2.59. The molecule has 1 saturated heterocycles. The lowest BCUT2D eigenvalue weighted by Gasteiger charge is -2.12. The Morgan fingerprint density at radius 3 is 2.88 bits per heavy atom. The summed E-state index contributed by atoms with van der Waals surface area (Å²) >= 11 is 5.32. The molecule has 1 N–H and O–H groups in total. The Balaban J connectivity index is 1.78. The molecule has 5 heteroatoms. The highest BCUT2D eigenvalue weighted by Gasteiger charge is 2.30. The SMILES string of the molecule is CN1CCC(Cn2c(C3CC3)n[nH]c2=S)C1. The predicted octanol–water partition coefficient (Wildman–Crippen LogP) is 1.77. The maximum atomic E-state index is 5.32. The molecule has 1 saturated carbocycles. The molecule has 1 aliphatic carbocycles. The molecular formula is C11H18N4S. The van der Waals surface area contributed by atoms with E-state index in [0.29, 0.717) is 5.92 Å². The van der Waals surface area contributed by atoms with Gasteiger partial charge in [-0.1, -0.05) is 0 Å². The Morgan fingerprint density at radius 1 is 1.44 bits per heavy atom. The molecule has 0 amide bonds. The number of H-pyrrole nitrogens is 1. The molecule has 1 aromatic rings. The van der Waals surface area contributed by atoms with Crippen LogP contribution < -0.4 is 0 Å². The first kappa shape index (κ1) is 10.5. The molecule has 2 fully saturated rings. The minimum Gasteiger partial charge on any atom is -0.306 e. The molecule has 1 aromatic heterocycles. The molecule has 2 aliphatic rings. The first-order valence-corrected chi connectivity index (χ1v) is 6.48. The van der Waals surface area contributed by atoms with Crippen LogP contribution in [-0.2, 0) is 6.54 Å². The van der Waals surface area contributed by atoms with E-state index in [0.717, 1.165) is 17.2 Å². The van der Waals surface area contributed by atoms with Gasteiger partial charge in [-0.15, -0.1) is 0 Å². The van der Waals surface area contributed by atoms with E-state index in [-0.39, 0.29) is 0 Å². The van der Waals surface area contributed by atoms with E-state index in [4.69, 9.17) is 12.2 Å². The van der Waals surface area contributed by atoms with Crippen molar-refractivity contribution in [2.24, 2.45) is 5.92 Å². The third-order valence-electron chi connectivity index (χ3n) is 3.66. The van der Waals surface area contributed by atoms with Crippen molar-refractivity contribution >= 4 is 12.2 Å². The Labute approximate surface area is 101 Å². The highest BCUT2D eigenvalue weighted by molar-refractivity contribution is 7.71. The number of aromatic amines is 1. The third kappa shape index (κ3) is 1.94. The Bertz CT molecular complexity index is 431. The summed E-state index contributed by atoms with van der Waals surface area (Å²) in [6, 6.07) is 0. The van der Waals surface area contributed by atoms with Gasteiger partial charge >= 0.3 is 0 Å². The number of aromatic nitrogens is 3. The summed E-state index contributed by atoms with van der Waals surface area (Å²) in [5.41, 5.74) is 0. The molecule has 1 atom stereocenters. The van der Waals surface area contributed by atoms with Gasteiger partial charge in [-0.3, -0.25) is 5.10 Å². The van der Waals surface area contributed by atoms with Crippen molar-refractivity contribution in [1.82, 2.24) is 19.7 Å². The fourth-order valence-corrected chi connectivity index (χ4v) is 2.81. The minimum absolute atomic E-state index is 0.673. The maximum Gasteiger partial charge on any atom is 0.195 e. The summed E-state index contributed by atoms with van der Waals surface area (Å²) in [5.74, 6) is 2.61. The van der Waals surface area contributed by atoms with Gasteiger partial charge < -0.3 is 9.47 Å². The van der Waals surface area contributed by atoms with Crippen LogP contribution in [0.1, 0.15) is 31.0 Å². The van der Waals surface area contributed by atoms with Gasteiger partial charge in [-0.25, -0.2) is 0 Å². The van der Waals surface area contributed by atoms with Crippen LogP contribution in [0.25, 0.3) is 0 Å². The molecule has 0 radical (unpaired) electrons. The molecule has 2 heterocycles. The third-order valence-corrected chi connectivity index (χ3v) is 3.97. The zero-order valence-electron chi connectivity index (χ0n) is 9.65. The average molecular weight is 238 g/mol. The number of likely N-dealkylation sites (tertiary alicyclic amines) is 1. The lowest BCUT2D eigenvalue weighted by atomic mass is 10.1. The van der Waals surface area contributed by atoms with Crippen molar-refractivity contribution in [2.45, 2.75) is 31.7 Å². The summed E-state index contributed by atoms with van der Waals surface area (Å²) in [5, 5.41) is 7.32. The van der Waals surface area contributed by atoms with Gasteiger partial charge in [-0.05, 0) is 51.0 Å². The molecule has 16 heavy (non-hydrogen) atoms. The Morgan fingerprint density at radius 2 is 2.25 bits per heavy atom. The second kappa shape index (κ2) is 3.96. The quantitative estimate of drug-likeness (QED) is 0.815. The van der Waals surface area contributed by atoms with Crippen LogP contribution in [0.3, 0.4) is 0 Å². The molecule has 88 valence electrons. The minimum atomic E-state index is 0.673. The highest BCUT2D eigenvalue weighted by Crippen LogP contribution is 2.39. The molecule has 1 aliphatic heterocycles. The summed E-state index contributed by atoms with van der Waals surface area (Å²) in [6.45, 7) is 3.46. The first-order chi connectivity index (χ1) is 7.74. The van der Waals surface area contributed by atoms with Crippen molar-refractivity contribution in [3.8, 4) is 0 Å². The zero-order valence-corrected chi connectivity index (χ0v) is 10.5. The molecule has 0 bridgehead atoms. The van der Waals surface area contributed by atoms with Gasteiger partial charge in [0.1, 0.15) is 5.82 Å². The molecule has 4 nitrogen and oxygen atoms in total. The van der Waals surface area contributed by atoms with Crippen molar-refractivity contribution in [3.05, 3.63) is 10.6 Å². The maximum absolute atomic E-state index is 5.32. The van der Waals surface area contributed by atoms with Crippen molar-refractivity contribution in [3.63, 3.8) is 0 Å². The van der Waals surface area contributed by atoms with Crippen LogP contribution in [0, 0.1) is 10.7 Å². The van der Waals surface area contributed by atoms with Gasteiger partial charge in [0.15, 0.2) is 4.77 Å². The lowest BCUT2D eigenvalue weighted by Crippen LogP contribution is -2.18. The monoisotopic (exact) mass is 238 g/mol. The molecule has 0 spiro atoms. The van der Waals surface area contributed by atoms with E-state index in [1.54, 1.807) is 0 Å². The van der Waals surface area contributed by atoms with Gasteiger partial charge in [0.2, 0.25) is 0 Å². The average Bonchev–Trinajstić information content (AvgIpc) is 2.93. The van der Waals surface area contributed by atoms with Crippen molar-refractivity contribution in [2.75, 3.05) is 20.1 Å². The first-order valence-electron chi connectivity index (χ1n) is 6.07. The standard InChI is InChI=1S/C11H18N4S/c1-14-5-4-8(6-14)7-15-10(9-2-3-9)12-13-11(15)16/h8-9H,2-7H2,1H3,(H,13,16). The van der Waals surface area contributed by atoms with E-state index in [9.17, 15) is 0 Å². The number of hydrogen-bond acceptors (Lipinski definition) is 3. The number of nitrogens with zero attached hydrogens (tertiary/aromatic N) is 3. The predicted molar refractivity (Wildman–Crippen MR) is 65.0 cm³/mol. The number of hydrogen-bond donors (Lipinski definition) is 1. The van der Waals surface area contributed by atoms with Gasteiger partial charge in [0, 0.05) is 19.0 Å². The summed E-state index contributed by atoms with van der Waals surface area (Å²) in [7, 11) is 2.19. The normalized spacial score (nSPS) is 26.4. The Kier molecular flexibility index (Phi) is 2.59. The van der Waals surface area contributed by atoms with E-state index >= 15 is 0 Å². The van der Waals surface area contributed by atoms with Gasteiger partial charge in [0.05, 0.1) is 0 Å². The van der Waals surface area contributed by atoms with Gasteiger partial charge in [-0.2, -0.15) is 5.10 Å². The smallest absolute Gasteiger partial charge is 0.195 e.